The molecule has 0 radical (unpaired) electrons. The molecule has 0 bridgehead atoms. The highest BCUT2D eigenvalue weighted by Gasteiger charge is 2.20. The van der Waals surface area contributed by atoms with Gasteiger partial charge in [-0.3, -0.25) is 9.48 Å². The van der Waals surface area contributed by atoms with Crippen LogP contribution in [0.4, 0.5) is 5.69 Å². The first-order valence-corrected chi connectivity index (χ1v) is 7.83. The number of hydrogen-bond donors (Lipinski definition) is 1. The van der Waals surface area contributed by atoms with Gasteiger partial charge in [0.1, 0.15) is 5.76 Å². The number of aromatic nitrogens is 3. The number of amides is 1. The van der Waals surface area contributed by atoms with E-state index in [9.17, 15) is 4.79 Å². The van der Waals surface area contributed by atoms with Crippen LogP contribution in [0.15, 0.2) is 35.1 Å². The predicted molar refractivity (Wildman–Crippen MR) is 91.4 cm³/mol. The summed E-state index contributed by atoms with van der Waals surface area (Å²) in [5.74, 6) is 0.259. The Hall–Kier alpha value is -2.60. The second-order valence-electron chi connectivity index (χ2n) is 5.68. The molecule has 24 heavy (non-hydrogen) atoms. The van der Waals surface area contributed by atoms with Gasteiger partial charge in [-0.1, -0.05) is 22.8 Å². The van der Waals surface area contributed by atoms with E-state index in [0.717, 1.165) is 11.3 Å². The van der Waals surface area contributed by atoms with Gasteiger partial charge in [-0.25, -0.2) is 0 Å². The smallest absolute Gasteiger partial charge is 0.278 e. The third-order valence-corrected chi connectivity index (χ3v) is 4.08. The average Bonchev–Trinajstić information content (AvgIpc) is 3.10. The minimum Gasteiger partial charge on any atom is -0.361 e. The molecular weight excluding hydrogens is 328 g/mol. The topological polar surface area (TPSA) is 73.0 Å². The van der Waals surface area contributed by atoms with Gasteiger partial charge in [0.2, 0.25) is 0 Å². The van der Waals surface area contributed by atoms with Gasteiger partial charge in [0, 0.05) is 17.4 Å². The Morgan fingerprint density at radius 3 is 2.75 bits per heavy atom. The molecule has 0 fully saturated rings. The zero-order valence-corrected chi connectivity index (χ0v) is 14.4. The van der Waals surface area contributed by atoms with Gasteiger partial charge < -0.3 is 9.84 Å². The van der Waals surface area contributed by atoms with Crippen molar-refractivity contribution in [3.8, 4) is 0 Å². The molecule has 2 heterocycles. The molecule has 7 heteroatoms. The van der Waals surface area contributed by atoms with E-state index in [4.69, 9.17) is 16.1 Å². The predicted octanol–water partition coefficient (Wildman–Crippen LogP) is 3.75. The summed E-state index contributed by atoms with van der Waals surface area (Å²) in [6.07, 6.45) is 3.22. The monoisotopic (exact) mass is 344 g/mol. The Morgan fingerprint density at radius 1 is 1.29 bits per heavy atom. The molecule has 6 nitrogen and oxygen atoms in total. The third kappa shape index (κ3) is 3.33. The molecule has 0 unspecified atom stereocenters. The quantitative estimate of drug-likeness (QED) is 0.782. The van der Waals surface area contributed by atoms with Crippen LogP contribution < -0.4 is 5.32 Å². The number of benzene rings is 1. The van der Waals surface area contributed by atoms with Crippen molar-refractivity contribution in [3.63, 3.8) is 0 Å². The van der Waals surface area contributed by atoms with E-state index in [1.165, 1.54) is 5.56 Å². The molecule has 1 N–H and O–H groups in total. The van der Waals surface area contributed by atoms with E-state index in [2.05, 4.69) is 15.6 Å². The molecule has 0 spiro atoms. The van der Waals surface area contributed by atoms with Crippen LogP contribution in [0.2, 0.25) is 5.02 Å². The maximum Gasteiger partial charge on any atom is 0.278 e. The first-order valence-electron chi connectivity index (χ1n) is 7.45. The van der Waals surface area contributed by atoms with E-state index < -0.39 is 0 Å². The summed E-state index contributed by atoms with van der Waals surface area (Å²) in [4.78, 5) is 12.6. The number of halogens is 1. The Labute approximate surface area is 144 Å². The van der Waals surface area contributed by atoms with Crippen LogP contribution in [0.5, 0.6) is 0 Å². The van der Waals surface area contributed by atoms with Crippen LogP contribution in [-0.4, -0.2) is 20.8 Å². The Kier molecular flexibility index (Phi) is 4.40. The van der Waals surface area contributed by atoms with Crippen LogP contribution in [0.3, 0.4) is 0 Å². The molecule has 124 valence electrons. The van der Waals surface area contributed by atoms with Crippen molar-refractivity contribution in [2.24, 2.45) is 0 Å². The number of anilines is 1. The molecule has 1 aromatic carbocycles. The van der Waals surface area contributed by atoms with Crippen LogP contribution in [-0.2, 0) is 6.54 Å². The summed E-state index contributed by atoms with van der Waals surface area (Å²) in [5.41, 5.74) is 3.92. The minimum absolute atomic E-state index is 0.248. The Balaban J connectivity index is 1.83. The number of nitrogens with zero attached hydrogens (tertiary/aromatic N) is 3. The van der Waals surface area contributed by atoms with Crippen molar-refractivity contribution in [1.82, 2.24) is 14.9 Å². The molecule has 0 aliphatic rings. The van der Waals surface area contributed by atoms with Gasteiger partial charge in [-0.2, -0.15) is 5.10 Å². The number of carbonyl (C=O) groups excluding carboxylic acids is 1. The van der Waals surface area contributed by atoms with Gasteiger partial charge in [0.25, 0.3) is 5.91 Å². The standard InChI is InChI=1S/C17H17ClN4O2/c1-10-4-5-14(6-11(10)2)20-17(23)16-15(12(3)24-21-16)9-22-8-13(18)7-19-22/h4-8H,9H2,1-3H3,(H,20,23). The molecule has 3 rings (SSSR count). The zero-order valence-electron chi connectivity index (χ0n) is 13.6. The summed E-state index contributed by atoms with van der Waals surface area (Å²) in [7, 11) is 0. The van der Waals surface area contributed by atoms with E-state index in [1.807, 2.05) is 32.0 Å². The second kappa shape index (κ2) is 6.49. The molecule has 0 saturated heterocycles. The molecule has 0 aliphatic heterocycles. The van der Waals surface area contributed by atoms with Crippen LogP contribution >= 0.6 is 11.6 Å². The Morgan fingerprint density at radius 2 is 2.08 bits per heavy atom. The van der Waals surface area contributed by atoms with Gasteiger partial charge >= 0.3 is 0 Å². The third-order valence-electron chi connectivity index (χ3n) is 3.89. The largest absolute Gasteiger partial charge is 0.361 e. The molecular formula is C17H17ClN4O2. The highest BCUT2D eigenvalue weighted by Crippen LogP contribution is 2.19. The van der Waals surface area contributed by atoms with Crippen molar-refractivity contribution < 1.29 is 9.32 Å². The summed E-state index contributed by atoms with van der Waals surface area (Å²) < 4.78 is 6.83. The highest BCUT2D eigenvalue weighted by molar-refractivity contribution is 6.30. The summed E-state index contributed by atoms with van der Waals surface area (Å²) in [6, 6.07) is 5.75. The van der Waals surface area contributed by atoms with E-state index in [0.29, 0.717) is 22.9 Å². The Bertz CT molecular complexity index is 898. The van der Waals surface area contributed by atoms with Crippen molar-refractivity contribution in [2.75, 3.05) is 5.32 Å². The molecule has 0 aliphatic carbocycles. The first-order chi connectivity index (χ1) is 11.4. The zero-order chi connectivity index (χ0) is 17.3. The average molecular weight is 345 g/mol. The summed E-state index contributed by atoms with van der Waals surface area (Å²) in [6.45, 7) is 6.14. The number of rotatable bonds is 4. The first kappa shape index (κ1) is 16.3. The number of hydrogen-bond acceptors (Lipinski definition) is 4. The maximum atomic E-state index is 12.6. The summed E-state index contributed by atoms with van der Waals surface area (Å²) in [5, 5.41) is 11.4. The van der Waals surface area contributed by atoms with E-state index in [1.54, 1.807) is 24.0 Å². The minimum atomic E-state index is -0.316. The van der Waals surface area contributed by atoms with Crippen molar-refractivity contribution in [2.45, 2.75) is 27.3 Å². The van der Waals surface area contributed by atoms with Gasteiger partial charge in [0.05, 0.1) is 17.8 Å². The van der Waals surface area contributed by atoms with Crippen LogP contribution in [0.25, 0.3) is 0 Å². The van der Waals surface area contributed by atoms with Gasteiger partial charge in [0.15, 0.2) is 5.69 Å². The highest BCUT2D eigenvalue weighted by atomic mass is 35.5. The lowest BCUT2D eigenvalue weighted by Gasteiger charge is -2.07. The lowest BCUT2D eigenvalue weighted by molar-refractivity contribution is 0.101. The van der Waals surface area contributed by atoms with Crippen molar-refractivity contribution in [3.05, 3.63) is 63.8 Å². The van der Waals surface area contributed by atoms with E-state index >= 15 is 0 Å². The van der Waals surface area contributed by atoms with Gasteiger partial charge in [-0.05, 0) is 44.0 Å². The normalized spacial score (nSPS) is 10.8. The lowest BCUT2D eigenvalue weighted by Crippen LogP contribution is -2.16. The van der Waals surface area contributed by atoms with Crippen molar-refractivity contribution in [1.29, 1.82) is 0 Å². The fourth-order valence-electron chi connectivity index (χ4n) is 2.35. The second-order valence-corrected chi connectivity index (χ2v) is 6.11. The molecule has 1 amide bonds. The molecule has 3 aromatic rings. The fraction of sp³-hybridized carbons (Fsp3) is 0.235. The summed E-state index contributed by atoms with van der Waals surface area (Å²) >= 11 is 5.88. The van der Waals surface area contributed by atoms with Crippen molar-refractivity contribution >= 4 is 23.2 Å². The maximum absolute atomic E-state index is 12.6. The molecule has 0 saturated carbocycles. The van der Waals surface area contributed by atoms with Crippen LogP contribution in [0, 0.1) is 20.8 Å². The van der Waals surface area contributed by atoms with Gasteiger partial charge in [-0.15, -0.1) is 0 Å². The fourth-order valence-corrected chi connectivity index (χ4v) is 2.51. The SMILES string of the molecule is Cc1ccc(NC(=O)c2noc(C)c2Cn2cc(Cl)cn2)cc1C. The molecule has 2 aromatic heterocycles. The number of nitrogens with one attached hydrogen (secondary N) is 1. The lowest BCUT2D eigenvalue weighted by atomic mass is 10.1. The van der Waals surface area contributed by atoms with E-state index in [-0.39, 0.29) is 11.6 Å². The number of carbonyl (C=O) groups is 1. The number of aryl methyl sites for hydroxylation is 3. The van der Waals surface area contributed by atoms with Crippen LogP contribution in [0.1, 0.15) is 32.9 Å². The molecule has 0 atom stereocenters.